The smallest absolute Gasteiger partial charge is 0.339 e. The topological polar surface area (TPSA) is 106 Å². The number of carboxylic acids is 1. The Hall–Kier alpha value is -2.48. The molecule has 2 N–H and O–H groups in total. The normalized spacial score (nSPS) is 14.4. The van der Waals surface area contributed by atoms with Crippen LogP contribution in [0.1, 0.15) is 29.5 Å². The first-order valence-electron chi connectivity index (χ1n) is 9.14. The van der Waals surface area contributed by atoms with E-state index in [0.29, 0.717) is 16.9 Å². The van der Waals surface area contributed by atoms with Crippen molar-refractivity contribution in [2.45, 2.75) is 38.6 Å². The molecule has 0 bridgehead atoms. The first-order valence-corrected chi connectivity index (χ1v) is 10.5. The van der Waals surface area contributed by atoms with E-state index >= 15 is 0 Å². The quantitative estimate of drug-likeness (QED) is 0.681. The minimum atomic E-state index is -1.09. The Morgan fingerprint density at radius 1 is 1.29 bits per heavy atom. The third-order valence-corrected chi connectivity index (χ3v) is 5.58. The lowest BCUT2D eigenvalue weighted by Crippen LogP contribution is -2.44. The van der Waals surface area contributed by atoms with Crippen molar-refractivity contribution in [3.8, 4) is 5.75 Å². The molecule has 150 valence electrons. The van der Waals surface area contributed by atoms with Crippen LogP contribution >= 0.6 is 11.8 Å². The predicted molar refractivity (Wildman–Crippen MR) is 107 cm³/mol. The van der Waals surface area contributed by atoms with Gasteiger partial charge in [-0.3, -0.25) is 4.79 Å². The standard InChI is InChI=1S/C20H23NO6S/c1-11-16(26-9-17(22)21-15(10-28-2)19(23)24)8-7-13-12-5-3-4-6-14(12)20(25)27-18(11)13/h7-8,15H,3-6,9-10H2,1-2H3,(H,21,22)(H,23,24)/t15-/m0/s1. The summed E-state index contributed by atoms with van der Waals surface area (Å²) in [5.74, 6) is -0.908. The number of carbonyl (C=O) groups is 2. The van der Waals surface area contributed by atoms with E-state index in [1.165, 1.54) is 11.8 Å². The van der Waals surface area contributed by atoms with Crippen LogP contribution in [0.25, 0.3) is 11.0 Å². The van der Waals surface area contributed by atoms with E-state index in [9.17, 15) is 14.4 Å². The number of carbonyl (C=O) groups excluding carboxylic acids is 1. The van der Waals surface area contributed by atoms with Crippen molar-refractivity contribution in [2.24, 2.45) is 0 Å². The Labute approximate surface area is 166 Å². The van der Waals surface area contributed by atoms with Crippen LogP contribution in [-0.2, 0) is 22.4 Å². The molecule has 0 spiro atoms. The van der Waals surface area contributed by atoms with Crippen LogP contribution in [0.4, 0.5) is 0 Å². The molecular weight excluding hydrogens is 382 g/mol. The van der Waals surface area contributed by atoms with Crippen molar-refractivity contribution in [3.05, 3.63) is 39.2 Å². The maximum absolute atomic E-state index is 12.3. The minimum absolute atomic E-state index is 0.270. The molecule has 1 aliphatic rings. The van der Waals surface area contributed by atoms with Crippen molar-refractivity contribution >= 4 is 34.6 Å². The molecule has 1 aromatic carbocycles. The van der Waals surface area contributed by atoms with Crippen LogP contribution in [0, 0.1) is 6.92 Å². The van der Waals surface area contributed by atoms with E-state index in [1.807, 2.05) is 6.07 Å². The molecule has 8 heteroatoms. The second-order valence-corrected chi connectivity index (χ2v) is 7.73. The van der Waals surface area contributed by atoms with Crippen molar-refractivity contribution in [1.82, 2.24) is 5.32 Å². The highest BCUT2D eigenvalue weighted by Crippen LogP contribution is 2.32. The number of hydrogen-bond acceptors (Lipinski definition) is 6. The highest BCUT2D eigenvalue weighted by atomic mass is 32.2. The highest BCUT2D eigenvalue weighted by molar-refractivity contribution is 7.98. The molecule has 0 saturated heterocycles. The number of thioether (sulfide) groups is 1. The molecule has 0 radical (unpaired) electrons. The number of benzene rings is 1. The van der Waals surface area contributed by atoms with Crippen molar-refractivity contribution in [2.75, 3.05) is 18.6 Å². The zero-order valence-electron chi connectivity index (χ0n) is 15.9. The summed E-state index contributed by atoms with van der Waals surface area (Å²) in [5.41, 5.74) is 2.64. The van der Waals surface area contributed by atoms with Gasteiger partial charge in [-0.2, -0.15) is 11.8 Å². The van der Waals surface area contributed by atoms with Gasteiger partial charge in [0.25, 0.3) is 5.91 Å². The maximum Gasteiger partial charge on any atom is 0.339 e. The number of ether oxygens (including phenoxy) is 1. The Morgan fingerprint density at radius 3 is 2.68 bits per heavy atom. The molecule has 28 heavy (non-hydrogen) atoms. The van der Waals surface area contributed by atoms with Crippen LogP contribution in [0.5, 0.6) is 5.75 Å². The van der Waals surface area contributed by atoms with Crippen LogP contribution < -0.4 is 15.7 Å². The second-order valence-electron chi connectivity index (χ2n) is 6.82. The molecule has 1 atom stereocenters. The summed E-state index contributed by atoms with van der Waals surface area (Å²) in [6.07, 6.45) is 5.40. The summed E-state index contributed by atoms with van der Waals surface area (Å²) in [5, 5.41) is 12.5. The fourth-order valence-electron chi connectivity index (χ4n) is 3.50. The fourth-order valence-corrected chi connectivity index (χ4v) is 4.06. The predicted octanol–water partition coefficient (Wildman–Crippen LogP) is 2.29. The lowest BCUT2D eigenvalue weighted by Gasteiger charge is -2.18. The van der Waals surface area contributed by atoms with Gasteiger partial charge in [-0.1, -0.05) is 0 Å². The Balaban J connectivity index is 1.79. The van der Waals surface area contributed by atoms with Gasteiger partial charge in [0.2, 0.25) is 0 Å². The van der Waals surface area contributed by atoms with Crippen molar-refractivity contribution in [3.63, 3.8) is 0 Å². The lowest BCUT2D eigenvalue weighted by atomic mass is 9.90. The number of aryl methyl sites for hydroxylation is 2. The van der Waals surface area contributed by atoms with Gasteiger partial charge in [-0.25, -0.2) is 9.59 Å². The van der Waals surface area contributed by atoms with E-state index < -0.39 is 17.9 Å². The molecule has 1 aromatic heterocycles. The third kappa shape index (κ3) is 4.16. The fraction of sp³-hybridized carbons (Fsp3) is 0.450. The number of nitrogens with one attached hydrogen (secondary N) is 1. The van der Waals surface area contributed by atoms with Gasteiger partial charge in [0.1, 0.15) is 17.4 Å². The van der Waals surface area contributed by atoms with Crippen LogP contribution in [0.3, 0.4) is 0 Å². The number of rotatable bonds is 7. The summed E-state index contributed by atoms with van der Waals surface area (Å²) >= 11 is 1.33. The van der Waals surface area contributed by atoms with Crippen LogP contribution in [-0.4, -0.2) is 41.6 Å². The minimum Gasteiger partial charge on any atom is -0.483 e. The molecule has 1 heterocycles. The van der Waals surface area contributed by atoms with E-state index in [2.05, 4.69) is 5.32 Å². The zero-order chi connectivity index (χ0) is 20.3. The average Bonchev–Trinajstić information content (AvgIpc) is 2.68. The largest absolute Gasteiger partial charge is 0.483 e. The van der Waals surface area contributed by atoms with Gasteiger partial charge in [0.15, 0.2) is 6.61 Å². The highest BCUT2D eigenvalue weighted by Gasteiger charge is 2.21. The summed E-state index contributed by atoms with van der Waals surface area (Å²) < 4.78 is 11.1. The summed E-state index contributed by atoms with van der Waals surface area (Å²) in [6, 6.07) is 2.65. The van der Waals surface area contributed by atoms with Gasteiger partial charge in [0, 0.05) is 22.3 Å². The van der Waals surface area contributed by atoms with Gasteiger partial charge in [-0.05, 0) is 56.6 Å². The maximum atomic E-state index is 12.3. The van der Waals surface area contributed by atoms with E-state index in [4.69, 9.17) is 14.3 Å². The van der Waals surface area contributed by atoms with Gasteiger partial charge in [0.05, 0.1) is 0 Å². The van der Waals surface area contributed by atoms with Crippen LogP contribution in [0.2, 0.25) is 0 Å². The van der Waals surface area contributed by atoms with E-state index in [1.54, 1.807) is 19.2 Å². The summed E-state index contributed by atoms with van der Waals surface area (Å²) in [6.45, 7) is 1.46. The summed E-state index contributed by atoms with van der Waals surface area (Å²) in [4.78, 5) is 35.5. The number of carboxylic acid groups (broad SMARTS) is 1. The van der Waals surface area contributed by atoms with E-state index in [0.717, 1.165) is 42.2 Å². The van der Waals surface area contributed by atoms with Gasteiger partial charge < -0.3 is 19.6 Å². The van der Waals surface area contributed by atoms with Crippen LogP contribution in [0.15, 0.2) is 21.3 Å². The third-order valence-electron chi connectivity index (χ3n) is 4.92. The molecule has 1 aliphatic carbocycles. The number of fused-ring (bicyclic) bond motifs is 3. The Bertz CT molecular complexity index is 967. The molecule has 3 rings (SSSR count). The Kier molecular flexibility index (Phi) is 6.28. The lowest BCUT2D eigenvalue weighted by molar-refractivity contribution is -0.141. The first-order chi connectivity index (χ1) is 13.4. The molecule has 7 nitrogen and oxygen atoms in total. The van der Waals surface area contributed by atoms with E-state index in [-0.39, 0.29) is 18.0 Å². The monoisotopic (exact) mass is 405 g/mol. The SMILES string of the molecule is CSC[C@H](NC(=O)COc1ccc2c3c(c(=O)oc2c1C)CCCC3)C(=O)O. The molecule has 0 aliphatic heterocycles. The molecule has 2 aromatic rings. The van der Waals surface area contributed by atoms with Crippen molar-refractivity contribution in [1.29, 1.82) is 0 Å². The Morgan fingerprint density at radius 2 is 2.00 bits per heavy atom. The number of hydrogen-bond donors (Lipinski definition) is 2. The average molecular weight is 405 g/mol. The molecule has 0 fully saturated rings. The van der Waals surface area contributed by atoms with Gasteiger partial charge in [-0.15, -0.1) is 0 Å². The molecule has 0 saturated carbocycles. The number of amides is 1. The number of aliphatic carboxylic acids is 1. The second kappa shape index (κ2) is 8.68. The molecule has 1 amide bonds. The molecule has 0 unspecified atom stereocenters. The molecular formula is C20H23NO6S. The first kappa shape index (κ1) is 20.3. The zero-order valence-corrected chi connectivity index (χ0v) is 16.7. The van der Waals surface area contributed by atoms with Gasteiger partial charge >= 0.3 is 11.6 Å². The summed E-state index contributed by atoms with van der Waals surface area (Å²) in [7, 11) is 0. The van der Waals surface area contributed by atoms with Crippen molar-refractivity contribution < 1.29 is 23.8 Å².